The normalized spacial score (nSPS) is 15.1. The number of anilines is 2. The number of methoxy groups -OCH3 is 2. The monoisotopic (exact) mass is 565 g/mol. The van der Waals surface area contributed by atoms with Gasteiger partial charge >= 0.3 is 0 Å². The summed E-state index contributed by atoms with van der Waals surface area (Å²) in [6.45, 7) is 6.23. The van der Waals surface area contributed by atoms with Gasteiger partial charge in [0.15, 0.2) is 16.6 Å². The van der Waals surface area contributed by atoms with Crippen LogP contribution < -0.4 is 19.7 Å². The molecule has 2 amide bonds. The molecule has 0 aromatic heterocycles. The molecule has 1 atom stereocenters. The van der Waals surface area contributed by atoms with Gasteiger partial charge in [0.25, 0.3) is 5.91 Å². The van der Waals surface area contributed by atoms with E-state index in [0.29, 0.717) is 40.3 Å². The first kappa shape index (κ1) is 28.4. The number of benzene rings is 3. The van der Waals surface area contributed by atoms with Gasteiger partial charge in [0, 0.05) is 17.3 Å². The van der Waals surface area contributed by atoms with Crippen LogP contribution in [0.5, 0.6) is 11.5 Å². The van der Waals surface area contributed by atoms with Crippen molar-refractivity contribution in [2.75, 3.05) is 31.0 Å². The average Bonchev–Trinajstić information content (AvgIpc) is 3.13. The largest absolute Gasteiger partial charge is 0.493 e. The Hall–Kier alpha value is -3.62. The van der Waals surface area contributed by atoms with Crippen LogP contribution in [0.25, 0.3) is 0 Å². The number of halogens is 1. The number of nitrogens with one attached hydrogen (secondary N) is 1. The molecule has 0 aliphatic carbocycles. The van der Waals surface area contributed by atoms with Crippen LogP contribution in [0.1, 0.15) is 28.7 Å². The van der Waals surface area contributed by atoms with Crippen LogP contribution in [-0.2, 0) is 16.0 Å². The fraction of sp³-hybridized carbons (Fsp3) is 0.300. The van der Waals surface area contributed by atoms with E-state index < -0.39 is 6.04 Å². The molecule has 0 bridgehead atoms. The van der Waals surface area contributed by atoms with Crippen molar-refractivity contribution in [1.82, 2.24) is 4.90 Å². The Morgan fingerprint density at radius 3 is 2.46 bits per heavy atom. The number of hydrogen-bond donors (Lipinski definition) is 1. The fourth-order valence-corrected chi connectivity index (χ4v) is 5.35. The van der Waals surface area contributed by atoms with Crippen molar-refractivity contribution in [3.8, 4) is 11.5 Å². The van der Waals surface area contributed by atoms with Crippen molar-refractivity contribution in [1.29, 1.82) is 0 Å². The number of thiocarbonyl (C=S) groups is 1. The minimum Gasteiger partial charge on any atom is -0.493 e. The lowest BCUT2D eigenvalue weighted by atomic mass is 10.1. The van der Waals surface area contributed by atoms with E-state index in [2.05, 4.69) is 5.32 Å². The van der Waals surface area contributed by atoms with Crippen molar-refractivity contribution >= 4 is 52.1 Å². The molecule has 0 radical (unpaired) electrons. The first-order valence-corrected chi connectivity index (χ1v) is 13.4. The maximum absolute atomic E-state index is 13.8. The second-order valence-electron chi connectivity index (χ2n) is 9.56. The highest BCUT2D eigenvalue weighted by molar-refractivity contribution is 7.80. The van der Waals surface area contributed by atoms with E-state index in [4.69, 9.17) is 33.3 Å². The molecule has 9 heteroatoms. The van der Waals surface area contributed by atoms with Gasteiger partial charge in [0.1, 0.15) is 6.04 Å². The SMILES string of the molecule is COc1ccc(CCN2C(=S)N(c3ccc(C)cc3C)C(=O)[C@@H]2CC(=O)Nc2cccc(Cl)c2C)cc1OC. The zero-order chi connectivity index (χ0) is 28.3. The molecular weight excluding hydrogens is 534 g/mol. The second-order valence-corrected chi connectivity index (χ2v) is 10.3. The Bertz CT molecular complexity index is 1430. The van der Waals surface area contributed by atoms with Crippen LogP contribution >= 0.6 is 23.8 Å². The van der Waals surface area contributed by atoms with Crippen molar-refractivity contribution < 1.29 is 19.1 Å². The molecule has 3 aromatic carbocycles. The first-order valence-electron chi connectivity index (χ1n) is 12.6. The van der Waals surface area contributed by atoms with Gasteiger partial charge in [-0.25, -0.2) is 0 Å². The maximum Gasteiger partial charge on any atom is 0.256 e. The van der Waals surface area contributed by atoms with Crippen LogP contribution in [0.2, 0.25) is 5.02 Å². The third kappa shape index (κ3) is 6.02. The molecule has 1 saturated heterocycles. The zero-order valence-electron chi connectivity index (χ0n) is 22.7. The smallest absolute Gasteiger partial charge is 0.256 e. The summed E-state index contributed by atoms with van der Waals surface area (Å²) in [6.07, 6.45) is 0.526. The van der Waals surface area contributed by atoms with Gasteiger partial charge in [-0.15, -0.1) is 0 Å². The minimum absolute atomic E-state index is 0.0573. The van der Waals surface area contributed by atoms with Crippen molar-refractivity contribution in [3.05, 3.63) is 81.9 Å². The summed E-state index contributed by atoms with van der Waals surface area (Å²) in [5.41, 5.74) is 5.12. The predicted octanol–water partition coefficient (Wildman–Crippen LogP) is 5.86. The Morgan fingerprint density at radius 2 is 1.77 bits per heavy atom. The van der Waals surface area contributed by atoms with E-state index in [1.807, 2.05) is 62.1 Å². The van der Waals surface area contributed by atoms with Crippen LogP contribution in [-0.4, -0.2) is 48.6 Å². The van der Waals surface area contributed by atoms with E-state index in [1.54, 1.807) is 37.3 Å². The van der Waals surface area contributed by atoms with E-state index >= 15 is 0 Å². The highest BCUT2D eigenvalue weighted by Crippen LogP contribution is 2.32. The Balaban J connectivity index is 1.61. The molecule has 1 N–H and O–H groups in total. The number of nitrogens with zero attached hydrogens (tertiary/aromatic N) is 2. The van der Waals surface area contributed by atoms with Gasteiger partial charge in [-0.05, 0) is 86.4 Å². The number of aryl methyl sites for hydroxylation is 2. The van der Waals surface area contributed by atoms with E-state index in [1.165, 1.54) is 0 Å². The van der Waals surface area contributed by atoms with Gasteiger partial charge in [-0.1, -0.05) is 41.4 Å². The zero-order valence-corrected chi connectivity index (χ0v) is 24.3. The van der Waals surface area contributed by atoms with Gasteiger partial charge in [0.05, 0.1) is 26.3 Å². The Morgan fingerprint density at radius 1 is 1.03 bits per heavy atom. The third-order valence-electron chi connectivity index (χ3n) is 6.92. The molecule has 3 aromatic rings. The summed E-state index contributed by atoms with van der Waals surface area (Å²) in [5, 5.41) is 3.85. The lowest BCUT2D eigenvalue weighted by Gasteiger charge is -2.24. The highest BCUT2D eigenvalue weighted by atomic mass is 35.5. The topological polar surface area (TPSA) is 71.1 Å². The number of hydrogen-bond acceptors (Lipinski definition) is 5. The molecular formula is C30H32ClN3O4S. The molecule has 0 spiro atoms. The summed E-state index contributed by atoms with van der Waals surface area (Å²) >= 11 is 12.1. The molecule has 1 heterocycles. The first-order chi connectivity index (χ1) is 18.6. The second kappa shape index (κ2) is 12.1. The van der Waals surface area contributed by atoms with Crippen molar-refractivity contribution in [2.24, 2.45) is 0 Å². The van der Waals surface area contributed by atoms with E-state index in [9.17, 15) is 9.59 Å². The number of carbonyl (C=O) groups is 2. The van der Waals surface area contributed by atoms with Crippen LogP contribution in [0.3, 0.4) is 0 Å². The molecule has 4 rings (SSSR count). The summed E-state index contributed by atoms with van der Waals surface area (Å²) in [7, 11) is 3.18. The number of ether oxygens (including phenoxy) is 2. The molecule has 7 nitrogen and oxygen atoms in total. The summed E-state index contributed by atoms with van der Waals surface area (Å²) in [5.74, 6) is 0.747. The predicted molar refractivity (Wildman–Crippen MR) is 159 cm³/mol. The fourth-order valence-electron chi connectivity index (χ4n) is 4.77. The standard InChI is InChI=1S/C30H32ClN3O4S/c1-18-9-11-24(19(2)15-18)34-29(36)25(17-28(35)32-23-8-6-7-22(31)20(23)3)33(30(34)39)14-13-21-10-12-26(37-4)27(16-21)38-5/h6-12,15-16,25H,13-14,17H2,1-5H3,(H,32,35)/t25-/m0/s1. The minimum atomic E-state index is -0.752. The van der Waals surface area contributed by atoms with Crippen LogP contribution in [0.15, 0.2) is 54.6 Å². The molecule has 1 aliphatic rings. The summed E-state index contributed by atoms with van der Waals surface area (Å²) < 4.78 is 10.8. The Kier molecular flexibility index (Phi) is 8.77. The summed E-state index contributed by atoms with van der Waals surface area (Å²) in [6, 6.07) is 16.2. The number of rotatable bonds is 9. The van der Waals surface area contributed by atoms with Gasteiger partial charge in [0.2, 0.25) is 5.91 Å². The van der Waals surface area contributed by atoms with E-state index in [0.717, 1.165) is 27.9 Å². The molecule has 204 valence electrons. The maximum atomic E-state index is 13.8. The van der Waals surface area contributed by atoms with Gasteiger partial charge in [-0.3, -0.25) is 14.5 Å². The lowest BCUT2D eigenvalue weighted by molar-refractivity contribution is -0.124. The average molecular weight is 566 g/mol. The van der Waals surface area contributed by atoms with Crippen LogP contribution in [0, 0.1) is 20.8 Å². The lowest BCUT2D eigenvalue weighted by Crippen LogP contribution is -2.39. The Labute approximate surface area is 239 Å². The molecule has 39 heavy (non-hydrogen) atoms. The van der Waals surface area contributed by atoms with Gasteiger partial charge < -0.3 is 19.7 Å². The molecule has 1 aliphatic heterocycles. The van der Waals surface area contributed by atoms with Crippen molar-refractivity contribution in [3.63, 3.8) is 0 Å². The molecule has 0 saturated carbocycles. The molecule has 1 fully saturated rings. The van der Waals surface area contributed by atoms with Crippen LogP contribution in [0.4, 0.5) is 11.4 Å². The van der Waals surface area contributed by atoms with E-state index in [-0.39, 0.29) is 18.2 Å². The van der Waals surface area contributed by atoms with Crippen molar-refractivity contribution in [2.45, 2.75) is 39.7 Å². The number of amides is 2. The summed E-state index contributed by atoms with van der Waals surface area (Å²) in [4.78, 5) is 30.4. The number of carbonyl (C=O) groups excluding carboxylic acids is 2. The van der Waals surface area contributed by atoms with Gasteiger partial charge in [-0.2, -0.15) is 0 Å². The highest BCUT2D eigenvalue weighted by Gasteiger charge is 2.44. The molecule has 0 unspecified atom stereocenters. The quantitative estimate of drug-likeness (QED) is 0.328. The third-order valence-corrected chi connectivity index (χ3v) is 7.75.